The number of halogens is 1. The molecule has 2 amide bonds. The molecule has 0 spiro atoms. The van der Waals surface area contributed by atoms with Crippen molar-refractivity contribution < 1.29 is 9.59 Å². The predicted molar refractivity (Wildman–Crippen MR) is 78.6 cm³/mol. The van der Waals surface area contributed by atoms with E-state index in [0.29, 0.717) is 5.56 Å². The van der Waals surface area contributed by atoms with Crippen LogP contribution in [0.5, 0.6) is 0 Å². The van der Waals surface area contributed by atoms with Crippen LogP contribution in [0.3, 0.4) is 0 Å². The van der Waals surface area contributed by atoms with Crippen LogP contribution in [0.25, 0.3) is 0 Å². The summed E-state index contributed by atoms with van der Waals surface area (Å²) in [5.74, 6) is -0.873. The van der Waals surface area contributed by atoms with Crippen LogP contribution in [-0.2, 0) is 4.79 Å². The first-order valence-electron chi connectivity index (χ1n) is 6.50. The molecule has 5 nitrogen and oxygen atoms in total. The van der Waals surface area contributed by atoms with E-state index < -0.39 is 11.9 Å². The fraction of sp³-hybridized carbons (Fsp3) is 0.500. The van der Waals surface area contributed by atoms with E-state index in [4.69, 9.17) is 17.3 Å². The van der Waals surface area contributed by atoms with E-state index in [1.54, 1.807) is 6.07 Å². The Balaban J connectivity index is 3.00. The number of nitrogens with two attached hydrogens (primary N) is 1. The van der Waals surface area contributed by atoms with Crippen LogP contribution in [0.4, 0.5) is 0 Å². The highest BCUT2D eigenvalue weighted by atomic mass is 35.5. The van der Waals surface area contributed by atoms with E-state index in [-0.39, 0.29) is 22.9 Å². The molecule has 1 aromatic rings. The average molecular weight is 298 g/mol. The standard InChI is InChI=1S/C14H20ClN3O2/c1-7(2)10-5-9(6-11(15)17-10)14(20)18-12(8(3)4)13(16)19/h5-8,12H,1-4H3,(H2,16,19)(H,18,20). The van der Waals surface area contributed by atoms with Crippen LogP contribution in [0.1, 0.15) is 49.7 Å². The fourth-order valence-corrected chi connectivity index (χ4v) is 1.95. The normalized spacial score (nSPS) is 12.6. The van der Waals surface area contributed by atoms with E-state index in [1.165, 1.54) is 6.07 Å². The number of primary amides is 1. The van der Waals surface area contributed by atoms with E-state index in [1.807, 2.05) is 27.7 Å². The Morgan fingerprint density at radius 3 is 2.30 bits per heavy atom. The molecule has 20 heavy (non-hydrogen) atoms. The molecule has 0 bridgehead atoms. The number of aromatic nitrogens is 1. The number of hydrogen-bond donors (Lipinski definition) is 2. The van der Waals surface area contributed by atoms with Gasteiger partial charge >= 0.3 is 0 Å². The van der Waals surface area contributed by atoms with Gasteiger partial charge in [0.1, 0.15) is 11.2 Å². The van der Waals surface area contributed by atoms with Crippen molar-refractivity contribution in [3.63, 3.8) is 0 Å². The maximum Gasteiger partial charge on any atom is 0.252 e. The van der Waals surface area contributed by atoms with Gasteiger partial charge in [0.2, 0.25) is 5.91 Å². The van der Waals surface area contributed by atoms with Crippen molar-refractivity contribution in [2.45, 2.75) is 39.7 Å². The zero-order valence-corrected chi connectivity index (χ0v) is 12.9. The molecule has 1 rings (SSSR count). The first-order chi connectivity index (χ1) is 9.22. The smallest absolute Gasteiger partial charge is 0.252 e. The van der Waals surface area contributed by atoms with E-state index >= 15 is 0 Å². The number of nitrogens with zero attached hydrogens (tertiary/aromatic N) is 1. The summed E-state index contributed by atoms with van der Waals surface area (Å²) in [6, 6.07) is 2.43. The van der Waals surface area contributed by atoms with Crippen molar-refractivity contribution in [1.82, 2.24) is 10.3 Å². The zero-order chi connectivity index (χ0) is 15.4. The molecular formula is C14H20ClN3O2. The molecule has 0 radical (unpaired) electrons. The zero-order valence-electron chi connectivity index (χ0n) is 12.1. The van der Waals surface area contributed by atoms with Gasteiger partial charge < -0.3 is 11.1 Å². The topological polar surface area (TPSA) is 85.1 Å². The molecule has 0 fully saturated rings. The lowest BCUT2D eigenvalue weighted by molar-refractivity contribution is -0.120. The van der Waals surface area contributed by atoms with E-state index in [0.717, 1.165) is 5.69 Å². The average Bonchev–Trinajstić information content (AvgIpc) is 2.33. The number of hydrogen-bond acceptors (Lipinski definition) is 3. The van der Waals surface area contributed by atoms with Gasteiger partial charge in [-0.1, -0.05) is 39.3 Å². The molecule has 0 saturated carbocycles. The summed E-state index contributed by atoms with van der Waals surface area (Å²) in [5.41, 5.74) is 6.38. The third kappa shape index (κ3) is 4.20. The van der Waals surface area contributed by atoms with Crippen molar-refractivity contribution in [2.24, 2.45) is 11.7 Å². The van der Waals surface area contributed by atoms with Crippen LogP contribution < -0.4 is 11.1 Å². The van der Waals surface area contributed by atoms with Gasteiger partial charge in [0.25, 0.3) is 5.91 Å². The molecule has 0 aliphatic heterocycles. The number of amides is 2. The molecule has 1 heterocycles. The Labute approximate surface area is 123 Å². The molecule has 0 saturated heterocycles. The summed E-state index contributed by atoms with van der Waals surface area (Å²) in [6.07, 6.45) is 0. The summed E-state index contributed by atoms with van der Waals surface area (Å²) in [5, 5.41) is 2.88. The van der Waals surface area contributed by atoms with Crippen LogP contribution in [0.2, 0.25) is 5.15 Å². The van der Waals surface area contributed by atoms with Crippen molar-refractivity contribution in [3.05, 3.63) is 28.5 Å². The predicted octanol–water partition coefficient (Wildman–Crippen LogP) is 2.10. The highest BCUT2D eigenvalue weighted by Crippen LogP contribution is 2.18. The van der Waals surface area contributed by atoms with Gasteiger partial charge in [-0.05, 0) is 24.0 Å². The van der Waals surface area contributed by atoms with Gasteiger partial charge in [0.05, 0.1) is 0 Å². The maximum atomic E-state index is 12.2. The Hall–Kier alpha value is -1.62. The first kappa shape index (κ1) is 16.4. The minimum Gasteiger partial charge on any atom is -0.368 e. The number of carbonyl (C=O) groups is 2. The fourth-order valence-electron chi connectivity index (χ4n) is 1.73. The minimum absolute atomic E-state index is 0.0849. The van der Waals surface area contributed by atoms with Crippen molar-refractivity contribution >= 4 is 23.4 Å². The Morgan fingerprint density at radius 1 is 1.25 bits per heavy atom. The van der Waals surface area contributed by atoms with Gasteiger partial charge in [-0.2, -0.15) is 0 Å². The van der Waals surface area contributed by atoms with Crippen molar-refractivity contribution in [3.8, 4) is 0 Å². The molecule has 1 unspecified atom stereocenters. The monoisotopic (exact) mass is 297 g/mol. The van der Waals surface area contributed by atoms with Crippen molar-refractivity contribution in [1.29, 1.82) is 0 Å². The van der Waals surface area contributed by atoms with Crippen LogP contribution in [0.15, 0.2) is 12.1 Å². The number of carbonyl (C=O) groups excluding carboxylic acids is 2. The highest BCUT2D eigenvalue weighted by molar-refractivity contribution is 6.29. The molecular weight excluding hydrogens is 278 g/mol. The van der Waals surface area contributed by atoms with Gasteiger partial charge in [-0.15, -0.1) is 0 Å². The lowest BCUT2D eigenvalue weighted by Gasteiger charge is -2.19. The Morgan fingerprint density at radius 2 is 1.85 bits per heavy atom. The van der Waals surface area contributed by atoms with E-state index in [2.05, 4.69) is 10.3 Å². The van der Waals surface area contributed by atoms with Crippen LogP contribution in [0, 0.1) is 5.92 Å². The summed E-state index contributed by atoms with van der Waals surface area (Å²) in [6.45, 7) is 7.55. The first-order valence-corrected chi connectivity index (χ1v) is 6.87. The van der Waals surface area contributed by atoms with Gasteiger partial charge in [-0.3, -0.25) is 9.59 Å². The molecule has 0 aromatic carbocycles. The molecule has 0 aliphatic rings. The molecule has 6 heteroatoms. The Bertz CT molecular complexity index is 515. The third-order valence-corrected chi connectivity index (χ3v) is 3.12. The molecule has 1 aromatic heterocycles. The lowest BCUT2D eigenvalue weighted by Crippen LogP contribution is -2.47. The van der Waals surface area contributed by atoms with Gasteiger partial charge in [0.15, 0.2) is 0 Å². The second kappa shape index (κ2) is 6.70. The molecule has 110 valence electrons. The van der Waals surface area contributed by atoms with Crippen LogP contribution in [-0.4, -0.2) is 22.8 Å². The largest absolute Gasteiger partial charge is 0.368 e. The Kier molecular flexibility index (Phi) is 5.51. The third-order valence-electron chi connectivity index (χ3n) is 2.93. The van der Waals surface area contributed by atoms with E-state index in [9.17, 15) is 9.59 Å². The van der Waals surface area contributed by atoms with Gasteiger partial charge in [-0.25, -0.2) is 4.98 Å². The summed E-state index contributed by atoms with van der Waals surface area (Å²) >= 11 is 5.92. The maximum absolute atomic E-state index is 12.2. The highest BCUT2D eigenvalue weighted by Gasteiger charge is 2.22. The second-order valence-corrected chi connectivity index (χ2v) is 5.74. The SMILES string of the molecule is CC(C)c1cc(C(=O)NC(C(N)=O)C(C)C)cc(Cl)n1. The van der Waals surface area contributed by atoms with Crippen LogP contribution >= 0.6 is 11.6 Å². The molecule has 1 atom stereocenters. The van der Waals surface area contributed by atoms with Gasteiger partial charge in [0, 0.05) is 11.3 Å². The number of nitrogens with one attached hydrogen (secondary N) is 1. The molecule has 3 N–H and O–H groups in total. The summed E-state index contributed by atoms with van der Waals surface area (Å²) < 4.78 is 0. The van der Waals surface area contributed by atoms with Crippen molar-refractivity contribution in [2.75, 3.05) is 0 Å². The minimum atomic E-state index is -0.711. The molecule has 0 aliphatic carbocycles. The lowest BCUT2D eigenvalue weighted by atomic mass is 10.0. The second-order valence-electron chi connectivity index (χ2n) is 5.36. The number of pyridine rings is 1. The number of rotatable bonds is 5. The summed E-state index contributed by atoms with van der Waals surface area (Å²) in [7, 11) is 0. The quantitative estimate of drug-likeness (QED) is 0.816. The summed E-state index contributed by atoms with van der Waals surface area (Å²) in [4.78, 5) is 27.7.